The first-order chi connectivity index (χ1) is 19.7. The zero-order valence-corrected chi connectivity index (χ0v) is 23.9. The van der Waals surface area contributed by atoms with Gasteiger partial charge in [-0.15, -0.1) is 0 Å². The molecule has 8 nitrogen and oxygen atoms in total. The number of amidine groups is 1. The second-order valence-corrected chi connectivity index (χ2v) is 11.1. The Morgan fingerprint density at radius 2 is 2.10 bits per heavy atom. The predicted octanol–water partition coefficient (Wildman–Crippen LogP) is 6.20. The van der Waals surface area contributed by atoms with Crippen LogP contribution in [0.25, 0.3) is 5.57 Å². The molecule has 1 aliphatic heterocycles. The molecule has 2 aliphatic carbocycles. The van der Waals surface area contributed by atoms with E-state index in [1.54, 1.807) is 11.0 Å². The fourth-order valence-electron chi connectivity index (χ4n) is 5.50. The number of anilines is 1. The van der Waals surface area contributed by atoms with Crippen LogP contribution in [0.15, 0.2) is 59.6 Å². The number of pyridine rings is 1. The lowest BCUT2D eigenvalue weighted by Crippen LogP contribution is -2.55. The van der Waals surface area contributed by atoms with Gasteiger partial charge in [-0.2, -0.15) is 0 Å². The van der Waals surface area contributed by atoms with Gasteiger partial charge >= 0.3 is 0 Å². The van der Waals surface area contributed by atoms with Crippen molar-refractivity contribution in [1.29, 1.82) is 0 Å². The third kappa shape index (κ3) is 5.77. The second kappa shape index (κ2) is 11.9. The van der Waals surface area contributed by atoms with Gasteiger partial charge in [-0.25, -0.2) is 14.4 Å². The molecule has 2 fully saturated rings. The standard InChI is InChI=1S/C31H33ClFN5O3/c1-4-26(41)37-13-14-38(19(3)16-37)31(36-28-18(2)7-5-8-21(28)20-11-12-20)22-15-23(32)29(35-30(22)34-17-39)27-24(33)9-6-10-25(27)40/h4-5,7-9,15,17,19-20,40H,1,6,10-14,16H2,2-3H3,(H,34,35,39)/b36-31+. The lowest BCUT2D eigenvalue weighted by Gasteiger charge is -2.41. The van der Waals surface area contributed by atoms with E-state index in [0.717, 1.165) is 29.7 Å². The van der Waals surface area contributed by atoms with E-state index < -0.39 is 5.83 Å². The SMILES string of the molecule is C=CC(=O)N1CCN(/C(=N/c2c(C)cccc2C2CC2)c2cc(Cl)c(C3=C(O)CCC=C3F)nc2NC=O)C(C)C1. The molecule has 10 heteroatoms. The highest BCUT2D eigenvalue weighted by molar-refractivity contribution is 6.33. The van der Waals surface area contributed by atoms with Crippen molar-refractivity contribution in [3.63, 3.8) is 0 Å². The number of para-hydroxylation sites is 1. The van der Waals surface area contributed by atoms with E-state index in [2.05, 4.69) is 27.8 Å². The summed E-state index contributed by atoms with van der Waals surface area (Å²) in [5.41, 5.74) is 3.41. The molecule has 1 unspecified atom stereocenters. The Kier molecular flexibility index (Phi) is 8.26. The molecule has 5 rings (SSSR count). The highest BCUT2D eigenvalue weighted by Gasteiger charge is 2.33. The minimum atomic E-state index is -0.618. The Hall–Kier alpha value is -3.98. The number of aliphatic hydroxyl groups is 1. The van der Waals surface area contributed by atoms with Gasteiger partial charge in [0, 0.05) is 32.1 Å². The number of benzene rings is 1. The number of carbonyl (C=O) groups is 2. The number of aliphatic imine (C=N–C) groups is 1. The highest BCUT2D eigenvalue weighted by atomic mass is 35.5. The first-order valence-electron chi connectivity index (χ1n) is 13.8. The van der Waals surface area contributed by atoms with Crippen molar-refractivity contribution in [3.8, 4) is 0 Å². The number of aryl methyl sites for hydroxylation is 1. The molecule has 1 aromatic heterocycles. The number of carbonyl (C=O) groups excluding carboxylic acids is 2. The number of halogens is 2. The van der Waals surface area contributed by atoms with E-state index >= 15 is 0 Å². The number of nitrogens with zero attached hydrogens (tertiary/aromatic N) is 4. The van der Waals surface area contributed by atoms with E-state index in [1.165, 1.54) is 12.2 Å². The van der Waals surface area contributed by atoms with E-state index in [4.69, 9.17) is 16.6 Å². The van der Waals surface area contributed by atoms with Crippen molar-refractivity contribution >= 4 is 46.8 Å². The number of allylic oxidation sites excluding steroid dienone is 4. The number of aromatic nitrogens is 1. The average molecular weight is 578 g/mol. The van der Waals surface area contributed by atoms with Crippen LogP contribution in [0.4, 0.5) is 15.9 Å². The van der Waals surface area contributed by atoms with Crippen LogP contribution in [-0.4, -0.2) is 63.7 Å². The molecule has 0 bridgehead atoms. The van der Waals surface area contributed by atoms with Crippen molar-refractivity contribution in [2.75, 3.05) is 25.0 Å². The molecule has 1 aromatic carbocycles. The Balaban J connectivity index is 1.69. The van der Waals surface area contributed by atoms with Crippen molar-refractivity contribution in [1.82, 2.24) is 14.8 Å². The minimum absolute atomic E-state index is 0.0362. The minimum Gasteiger partial charge on any atom is -0.511 e. The van der Waals surface area contributed by atoms with Gasteiger partial charge in [0.15, 0.2) is 0 Å². The van der Waals surface area contributed by atoms with Crippen LogP contribution >= 0.6 is 11.6 Å². The van der Waals surface area contributed by atoms with Crippen LogP contribution in [0.2, 0.25) is 5.02 Å². The summed E-state index contributed by atoms with van der Waals surface area (Å²) >= 11 is 6.74. The Morgan fingerprint density at radius 3 is 2.76 bits per heavy atom. The number of piperazine rings is 1. The molecule has 2 heterocycles. The highest BCUT2D eigenvalue weighted by Crippen LogP contribution is 2.46. The van der Waals surface area contributed by atoms with Crippen molar-refractivity contribution in [2.24, 2.45) is 4.99 Å². The maximum Gasteiger partial charge on any atom is 0.246 e. The smallest absolute Gasteiger partial charge is 0.246 e. The van der Waals surface area contributed by atoms with Crippen molar-refractivity contribution < 1.29 is 19.1 Å². The summed E-state index contributed by atoms with van der Waals surface area (Å²) < 4.78 is 14.9. The lowest BCUT2D eigenvalue weighted by molar-refractivity contribution is -0.128. The average Bonchev–Trinajstić information content (AvgIpc) is 3.79. The zero-order chi connectivity index (χ0) is 29.3. The predicted molar refractivity (Wildman–Crippen MR) is 159 cm³/mol. The van der Waals surface area contributed by atoms with Crippen LogP contribution in [0.5, 0.6) is 0 Å². The van der Waals surface area contributed by atoms with Crippen LogP contribution in [0, 0.1) is 6.92 Å². The second-order valence-electron chi connectivity index (χ2n) is 10.6. The maximum absolute atomic E-state index is 14.9. The first-order valence-corrected chi connectivity index (χ1v) is 14.2. The van der Waals surface area contributed by atoms with Crippen LogP contribution in [0.3, 0.4) is 0 Å². The van der Waals surface area contributed by atoms with E-state index in [-0.39, 0.29) is 46.2 Å². The number of hydrogen-bond acceptors (Lipinski definition) is 5. The molecule has 2 amide bonds. The van der Waals surface area contributed by atoms with Gasteiger partial charge in [-0.05, 0) is 68.4 Å². The molecule has 41 heavy (non-hydrogen) atoms. The Morgan fingerprint density at radius 1 is 1.32 bits per heavy atom. The zero-order valence-electron chi connectivity index (χ0n) is 23.2. The summed E-state index contributed by atoms with van der Waals surface area (Å²) in [4.78, 5) is 37.7. The number of aliphatic hydroxyl groups excluding tert-OH is 1. The summed E-state index contributed by atoms with van der Waals surface area (Å²) in [7, 11) is 0. The molecule has 3 aliphatic rings. The Bertz CT molecular complexity index is 1500. The molecule has 0 spiro atoms. The molecule has 0 radical (unpaired) electrons. The normalized spacial score (nSPS) is 19.7. The lowest BCUT2D eigenvalue weighted by atomic mass is 9.99. The summed E-state index contributed by atoms with van der Waals surface area (Å²) in [6.07, 6.45) is 6.00. The van der Waals surface area contributed by atoms with E-state index in [9.17, 15) is 19.1 Å². The molecular weight excluding hydrogens is 545 g/mol. The number of nitrogens with one attached hydrogen (secondary N) is 1. The number of amides is 2. The monoisotopic (exact) mass is 577 g/mol. The third-order valence-electron chi connectivity index (χ3n) is 7.77. The number of hydrogen-bond donors (Lipinski definition) is 2. The summed E-state index contributed by atoms with van der Waals surface area (Å²) in [5.74, 6) is 0.189. The molecule has 1 atom stereocenters. The fourth-order valence-corrected chi connectivity index (χ4v) is 5.74. The van der Waals surface area contributed by atoms with E-state index in [1.807, 2.05) is 26.0 Å². The van der Waals surface area contributed by atoms with Gasteiger partial charge in [0.25, 0.3) is 0 Å². The van der Waals surface area contributed by atoms with Crippen molar-refractivity contribution in [2.45, 2.75) is 51.5 Å². The third-order valence-corrected chi connectivity index (χ3v) is 8.06. The largest absolute Gasteiger partial charge is 0.511 e. The summed E-state index contributed by atoms with van der Waals surface area (Å²) in [6.45, 7) is 8.98. The topological polar surface area (TPSA) is 98.1 Å². The molecular formula is C31H33ClFN5O3. The fraction of sp³-hybridized carbons (Fsp3) is 0.355. The quantitative estimate of drug-likeness (QED) is 0.177. The van der Waals surface area contributed by atoms with Gasteiger partial charge < -0.3 is 20.2 Å². The molecule has 1 saturated heterocycles. The first kappa shape index (κ1) is 28.5. The summed E-state index contributed by atoms with van der Waals surface area (Å²) in [5, 5.41) is 13.3. The molecule has 2 N–H and O–H groups in total. The van der Waals surface area contributed by atoms with Gasteiger partial charge in [-0.3, -0.25) is 9.59 Å². The van der Waals surface area contributed by atoms with Gasteiger partial charge in [0.2, 0.25) is 12.3 Å². The van der Waals surface area contributed by atoms with Crippen LogP contribution in [-0.2, 0) is 9.59 Å². The van der Waals surface area contributed by atoms with E-state index in [0.29, 0.717) is 49.8 Å². The van der Waals surface area contributed by atoms with Crippen LogP contribution < -0.4 is 5.32 Å². The number of rotatable bonds is 7. The molecule has 2 aromatic rings. The van der Waals surface area contributed by atoms with Gasteiger partial charge in [0.1, 0.15) is 23.2 Å². The molecule has 214 valence electrons. The van der Waals surface area contributed by atoms with Gasteiger partial charge in [0.05, 0.1) is 27.5 Å². The molecule has 1 saturated carbocycles. The van der Waals surface area contributed by atoms with Crippen LogP contribution in [0.1, 0.15) is 60.9 Å². The summed E-state index contributed by atoms with van der Waals surface area (Å²) in [6, 6.07) is 7.60. The maximum atomic E-state index is 14.9. The van der Waals surface area contributed by atoms with Gasteiger partial charge in [-0.1, -0.05) is 36.4 Å². The Labute approximate surface area is 243 Å². The van der Waals surface area contributed by atoms with Crippen molar-refractivity contribution in [3.05, 3.63) is 82.0 Å².